The van der Waals surface area contributed by atoms with Gasteiger partial charge in [-0.15, -0.1) is 0 Å². The van der Waals surface area contributed by atoms with Gasteiger partial charge in [0.1, 0.15) is 30.5 Å². The van der Waals surface area contributed by atoms with E-state index >= 15 is 0 Å². The zero-order chi connectivity index (χ0) is 33.9. The van der Waals surface area contributed by atoms with Gasteiger partial charge < -0.3 is 34.7 Å². The van der Waals surface area contributed by atoms with E-state index in [-0.39, 0.29) is 18.3 Å². The maximum atomic E-state index is 9.02. The number of nitrogens with two attached hydrogens (primary N) is 1. The molecular formula is C36H40N2O5S. The van der Waals surface area contributed by atoms with E-state index in [2.05, 4.69) is 5.32 Å². The predicted octanol–water partition coefficient (Wildman–Crippen LogP) is 5.56. The topological polar surface area (TPSA) is 84.2 Å². The van der Waals surface area contributed by atoms with Crippen LogP contribution in [0.4, 0.5) is 0 Å². The summed E-state index contributed by atoms with van der Waals surface area (Å²) in [6, 6.07) is 36.3. The second-order valence-electron chi connectivity index (χ2n) is 10.2. The molecule has 1 saturated heterocycles. The molecule has 0 amide bonds. The fraction of sp³-hybridized carbons (Fsp3) is 0.306. The minimum Gasteiger partial charge on any atom is -0.376 e. The molecule has 1 aliphatic rings. The van der Waals surface area contributed by atoms with Crippen molar-refractivity contribution >= 4 is 17.3 Å². The quantitative estimate of drug-likeness (QED) is 0.168. The summed E-state index contributed by atoms with van der Waals surface area (Å²) in [5.74, 6) is 0. The Bertz CT molecular complexity index is 1530. The van der Waals surface area contributed by atoms with Crippen molar-refractivity contribution in [3.8, 4) is 0 Å². The number of rotatable bonds is 15. The second-order valence-corrected chi connectivity index (χ2v) is 10.6. The molecule has 1 heterocycles. The van der Waals surface area contributed by atoms with Crippen molar-refractivity contribution in [1.29, 1.82) is 0 Å². The van der Waals surface area contributed by atoms with Crippen LogP contribution in [-0.4, -0.2) is 48.8 Å². The van der Waals surface area contributed by atoms with Gasteiger partial charge in [0.05, 0.1) is 38.4 Å². The smallest absolute Gasteiger partial charge is 0.163 e. The molecule has 0 bridgehead atoms. The van der Waals surface area contributed by atoms with Gasteiger partial charge in [0.2, 0.25) is 0 Å². The van der Waals surface area contributed by atoms with Gasteiger partial charge >= 0.3 is 0 Å². The first kappa shape index (κ1) is 26.7. The zero-order valence-corrected chi connectivity index (χ0v) is 25.0. The van der Waals surface area contributed by atoms with E-state index in [1.807, 2.05) is 72.8 Å². The summed E-state index contributed by atoms with van der Waals surface area (Å²) in [4.78, 5) is 0. The van der Waals surface area contributed by atoms with Crippen molar-refractivity contribution in [2.75, 3.05) is 13.2 Å². The highest BCUT2D eigenvalue weighted by Crippen LogP contribution is 2.31. The zero-order valence-electron chi connectivity index (χ0n) is 28.2. The average molecular weight is 617 g/mol. The first-order valence-corrected chi connectivity index (χ1v) is 14.9. The summed E-state index contributed by atoms with van der Waals surface area (Å²) in [5.41, 5.74) is 8.28. The summed E-state index contributed by atoms with van der Waals surface area (Å²) in [7, 11) is 0. The molecule has 0 aliphatic carbocycles. The average Bonchev–Trinajstić information content (AvgIpc) is 3.13. The fourth-order valence-electron chi connectivity index (χ4n) is 4.81. The van der Waals surface area contributed by atoms with Crippen LogP contribution in [0, 0.1) is 0 Å². The molecule has 4 aromatic carbocycles. The Hall–Kier alpha value is -3.63. The molecule has 3 N–H and O–H groups in total. The Morgan fingerprint density at radius 2 is 1.00 bits per heavy atom. The van der Waals surface area contributed by atoms with Crippen LogP contribution in [0.2, 0.25) is 0 Å². The molecule has 0 spiro atoms. The molecule has 5 rings (SSSR count). The van der Waals surface area contributed by atoms with Gasteiger partial charge in [-0.05, 0) is 34.5 Å². The Morgan fingerprint density at radius 3 is 1.43 bits per heavy atom. The van der Waals surface area contributed by atoms with Gasteiger partial charge in [-0.25, -0.2) is 0 Å². The summed E-state index contributed by atoms with van der Waals surface area (Å²) < 4.78 is 67.6. The predicted molar refractivity (Wildman–Crippen MR) is 175 cm³/mol. The van der Waals surface area contributed by atoms with Crippen molar-refractivity contribution in [2.45, 2.75) is 56.9 Å². The summed E-state index contributed by atoms with van der Waals surface area (Å²) in [6.07, 6.45) is -4.75. The molecule has 9 atom stereocenters. The molecule has 1 fully saturated rings. The highest BCUT2D eigenvalue weighted by molar-refractivity contribution is 7.80. The molecule has 44 heavy (non-hydrogen) atoms. The van der Waals surface area contributed by atoms with Crippen LogP contribution >= 0.6 is 12.2 Å². The van der Waals surface area contributed by atoms with Crippen molar-refractivity contribution in [3.05, 3.63) is 144 Å². The standard InChI is InChI=1S/C36H40N2O5S/c37-36(44)38-21-31-33(40-23-28-15-7-2-8-16-28)35(42-25-30-19-11-4-12-20-30)34(41-24-29-17-9-3-10-18-29)32(43-31)26-39-22-27-13-5-1-6-14-27/h1-20,31-35H,21-26H2,(H3,37,38,44)/t31?,32-,33-,34-,35-/m1/s1/i22D,23D,24D,25D/t22?,23?,24?,25?,31?,32-,33-,34-,35-. The van der Waals surface area contributed by atoms with E-state index in [4.69, 9.17) is 47.1 Å². The third-order valence-corrected chi connectivity index (χ3v) is 7.11. The van der Waals surface area contributed by atoms with E-state index in [9.17, 15) is 0 Å². The number of hydrogen-bond donors (Lipinski definition) is 2. The Kier molecular flexibility index (Phi) is 10.3. The maximum absolute atomic E-state index is 9.02. The van der Waals surface area contributed by atoms with Gasteiger partial charge in [-0.2, -0.15) is 0 Å². The van der Waals surface area contributed by atoms with E-state index in [0.717, 1.165) is 0 Å². The minimum absolute atomic E-state index is 0.0414. The van der Waals surface area contributed by atoms with Crippen LogP contribution in [0.1, 0.15) is 27.7 Å². The van der Waals surface area contributed by atoms with Gasteiger partial charge in [0.25, 0.3) is 0 Å². The highest BCUT2D eigenvalue weighted by atomic mass is 32.1. The molecule has 7 nitrogen and oxygen atoms in total. The molecule has 4 aromatic rings. The number of thiocarbonyl (C=S) groups is 1. The first-order chi connectivity index (χ1) is 23.3. The van der Waals surface area contributed by atoms with Crippen molar-refractivity contribution in [2.24, 2.45) is 5.73 Å². The van der Waals surface area contributed by atoms with E-state index in [1.165, 1.54) is 0 Å². The van der Waals surface area contributed by atoms with E-state index in [1.54, 1.807) is 48.5 Å². The number of ether oxygens (including phenoxy) is 5. The third kappa shape index (κ3) is 9.69. The number of benzene rings is 4. The Labute approximate surface area is 270 Å². The summed E-state index contributed by atoms with van der Waals surface area (Å²) in [5, 5.41) is 2.98. The molecule has 5 unspecified atom stereocenters. The van der Waals surface area contributed by atoms with Crippen LogP contribution in [-0.2, 0) is 50.0 Å². The molecule has 0 saturated carbocycles. The van der Waals surface area contributed by atoms with E-state index in [0.29, 0.717) is 22.3 Å². The van der Waals surface area contributed by atoms with Crippen LogP contribution in [0.5, 0.6) is 0 Å². The molecule has 0 radical (unpaired) electrons. The van der Waals surface area contributed by atoms with Gasteiger partial charge in [0.15, 0.2) is 5.11 Å². The Morgan fingerprint density at radius 1 is 0.614 bits per heavy atom. The molecule has 1 aliphatic heterocycles. The summed E-state index contributed by atoms with van der Waals surface area (Å²) in [6.45, 7) is -4.53. The van der Waals surface area contributed by atoms with Gasteiger partial charge in [-0.3, -0.25) is 0 Å². The lowest BCUT2D eigenvalue weighted by Gasteiger charge is -2.46. The van der Waals surface area contributed by atoms with Gasteiger partial charge in [0, 0.05) is 6.54 Å². The Balaban J connectivity index is 1.53. The molecule has 230 valence electrons. The number of hydrogen-bond acceptors (Lipinski definition) is 6. The van der Waals surface area contributed by atoms with Crippen molar-refractivity contribution < 1.29 is 29.2 Å². The minimum atomic E-state index is -1.17. The third-order valence-electron chi connectivity index (χ3n) is 6.97. The monoisotopic (exact) mass is 616 g/mol. The fourth-order valence-corrected chi connectivity index (χ4v) is 4.89. The normalized spacial score (nSPS) is 25.7. The highest BCUT2D eigenvalue weighted by Gasteiger charge is 2.48. The van der Waals surface area contributed by atoms with Crippen LogP contribution in [0.15, 0.2) is 121 Å². The summed E-state index contributed by atoms with van der Waals surface area (Å²) >= 11 is 5.11. The van der Waals surface area contributed by atoms with Crippen molar-refractivity contribution in [1.82, 2.24) is 5.32 Å². The number of nitrogens with one attached hydrogen (secondary N) is 1. The largest absolute Gasteiger partial charge is 0.376 e. The lowest BCUT2D eigenvalue weighted by molar-refractivity contribution is -0.271. The second kappa shape index (κ2) is 17.0. The van der Waals surface area contributed by atoms with Crippen LogP contribution in [0.3, 0.4) is 0 Å². The SMILES string of the molecule is [2H]C(OC[C@H]1OC(CNC(N)=S)[C@@H](OC([2H])c2ccccc2)[C@@H](OC([2H])c2ccccc2)[C@@H]1OC([2H])c1ccccc1)c1ccccc1. The lowest BCUT2D eigenvalue weighted by Crippen LogP contribution is -2.63. The first-order valence-electron chi connectivity index (χ1n) is 16.8. The molecule has 8 heteroatoms. The molecular weight excluding hydrogens is 572 g/mol. The molecule has 0 aromatic heterocycles. The maximum Gasteiger partial charge on any atom is 0.163 e. The lowest BCUT2D eigenvalue weighted by atomic mass is 9.93. The van der Waals surface area contributed by atoms with E-state index < -0.39 is 56.9 Å². The van der Waals surface area contributed by atoms with Crippen LogP contribution < -0.4 is 11.1 Å². The van der Waals surface area contributed by atoms with Crippen LogP contribution in [0.25, 0.3) is 0 Å². The van der Waals surface area contributed by atoms with Crippen molar-refractivity contribution in [3.63, 3.8) is 0 Å². The van der Waals surface area contributed by atoms with Gasteiger partial charge in [-0.1, -0.05) is 121 Å².